The van der Waals surface area contributed by atoms with Gasteiger partial charge in [0.2, 0.25) is 0 Å². The largest absolute Gasteiger partial charge is 0.385 e. The maximum atomic E-state index is 10.7. The topological polar surface area (TPSA) is 23.5 Å². The van der Waals surface area contributed by atoms with Crippen molar-refractivity contribution in [3.63, 3.8) is 0 Å². The molecular formula is C15H21NO. The van der Waals surface area contributed by atoms with Gasteiger partial charge in [0.15, 0.2) is 0 Å². The van der Waals surface area contributed by atoms with Crippen molar-refractivity contribution in [1.82, 2.24) is 4.90 Å². The van der Waals surface area contributed by atoms with E-state index in [1.807, 2.05) is 18.2 Å². The summed E-state index contributed by atoms with van der Waals surface area (Å²) in [5, 5.41) is 10.7. The van der Waals surface area contributed by atoms with Crippen LogP contribution in [0.5, 0.6) is 0 Å². The fourth-order valence-corrected chi connectivity index (χ4v) is 2.81. The second kappa shape index (κ2) is 4.43. The highest BCUT2D eigenvalue weighted by Crippen LogP contribution is 2.35. The Hall–Kier alpha value is -0.860. The molecule has 0 unspecified atom stereocenters. The van der Waals surface area contributed by atoms with Gasteiger partial charge in [-0.3, -0.25) is 0 Å². The van der Waals surface area contributed by atoms with Gasteiger partial charge in [-0.05, 0) is 37.2 Å². The number of nitrogens with zero attached hydrogens (tertiary/aromatic N) is 1. The molecule has 92 valence electrons. The van der Waals surface area contributed by atoms with Gasteiger partial charge in [-0.2, -0.15) is 0 Å². The van der Waals surface area contributed by atoms with Crippen molar-refractivity contribution < 1.29 is 5.11 Å². The second-order valence-electron chi connectivity index (χ2n) is 5.64. The molecule has 1 saturated heterocycles. The average Bonchev–Trinajstić information content (AvgIpc) is 3.18. The lowest BCUT2D eigenvalue weighted by molar-refractivity contribution is -0.0267. The van der Waals surface area contributed by atoms with Crippen LogP contribution in [0, 0.1) is 5.92 Å². The van der Waals surface area contributed by atoms with Crippen molar-refractivity contribution in [1.29, 1.82) is 0 Å². The number of aliphatic hydroxyl groups is 1. The molecule has 1 N–H and O–H groups in total. The van der Waals surface area contributed by atoms with Gasteiger partial charge in [0.25, 0.3) is 0 Å². The first-order valence-corrected chi connectivity index (χ1v) is 6.76. The SMILES string of the molecule is OC1(c2ccccc2)CCN(CC2CC2)CC1. The van der Waals surface area contributed by atoms with Crippen LogP contribution in [0.15, 0.2) is 30.3 Å². The predicted octanol–water partition coefficient (Wildman–Crippen LogP) is 2.38. The first-order chi connectivity index (χ1) is 8.26. The number of likely N-dealkylation sites (tertiary alicyclic amines) is 1. The Morgan fingerprint density at radius 3 is 2.35 bits per heavy atom. The summed E-state index contributed by atoms with van der Waals surface area (Å²) in [7, 11) is 0. The van der Waals surface area contributed by atoms with Crippen molar-refractivity contribution >= 4 is 0 Å². The quantitative estimate of drug-likeness (QED) is 0.863. The fourth-order valence-electron chi connectivity index (χ4n) is 2.81. The Bertz CT molecular complexity index is 364. The summed E-state index contributed by atoms with van der Waals surface area (Å²) < 4.78 is 0. The van der Waals surface area contributed by atoms with Gasteiger partial charge in [-0.25, -0.2) is 0 Å². The van der Waals surface area contributed by atoms with Crippen LogP contribution in [-0.4, -0.2) is 29.6 Å². The highest BCUT2D eigenvalue weighted by Gasteiger charge is 2.35. The second-order valence-corrected chi connectivity index (χ2v) is 5.64. The van der Waals surface area contributed by atoms with Crippen molar-refractivity contribution in [2.24, 2.45) is 5.92 Å². The molecule has 2 aliphatic rings. The van der Waals surface area contributed by atoms with Crippen LogP contribution in [0.3, 0.4) is 0 Å². The zero-order valence-electron chi connectivity index (χ0n) is 10.3. The molecule has 0 spiro atoms. The number of benzene rings is 1. The van der Waals surface area contributed by atoms with Crippen LogP contribution in [0.2, 0.25) is 0 Å². The van der Waals surface area contributed by atoms with Crippen molar-refractivity contribution in [3.8, 4) is 0 Å². The highest BCUT2D eigenvalue weighted by atomic mass is 16.3. The first kappa shape index (κ1) is 11.2. The maximum Gasteiger partial charge on any atom is 0.0920 e. The summed E-state index contributed by atoms with van der Waals surface area (Å²) in [6, 6.07) is 10.1. The molecule has 1 aromatic rings. The Morgan fingerprint density at radius 1 is 1.12 bits per heavy atom. The Balaban J connectivity index is 1.62. The van der Waals surface area contributed by atoms with Crippen molar-refractivity contribution in [2.75, 3.05) is 19.6 Å². The third kappa shape index (κ3) is 2.53. The zero-order valence-corrected chi connectivity index (χ0v) is 10.3. The van der Waals surface area contributed by atoms with Crippen molar-refractivity contribution in [2.45, 2.75) is 31.3 Å². The third-order valence-electron chi connectivity index (χ3n) is 4.21. The third-order valence-corrected chi connectivity index (χ3v) is 4.21. The van der Waals surface area contributed by atoms with E-state index in [0.29, 0.717) is 0 Å². The minimum atomic E-state index is -0.582. The molecule has 1 aromatic carbocycles. The van der Waals surface area contributed by atoms with Gasteiger partial charge in [-0.1, -0.05) is 30.3 Å². The number of hydrogen-bond acceptors (Lipinski definition) is 2. The lowest BCUT2D eigenvalue weighted by atomic mass is 9.84. The number of rotatable bonds is 3. The van der Waals surface area contributed by atoms with E-state index >= 15 is 0 Å². The van der Waals surface area contributed by atoms with E-state index in [1.165, 1.54) is 19.4 Å². The van der Waals surface area contributed by atoms with Crippen LogP contribution >= 0.6 is 0 Å². The highest BCUT2D eigenvalue weighted by molar-refractivity contribution is 5.22. The molecule has 1 saturated carbocycles. The summed E-state index contributed by atoms with van der Waals surface area (Å²) in [6.45, 7) is 3.34. The van der Waals surface area contributed by atoms with Gasteiger partial charge in [0.1, 0.15) is 0 Å². The van der Waals surface area contributed by atoms with Crippen LogP contribution in [0.4, 0.5) is 0 Å². The zero-order chi connectivity index (χ0) is 11.7. The Labute approximate surface area is 103 Å². The van der Waals surface area contributed by atoms with Gasteiger partial charge in [0.05, 0.1) is 5.60 Å². The molecule has 0 bridgehead atoms. The van der Waals surface area contributed by atoms with Crippen molar-refractivity contribution in [3.05, 3.63) is 35.9 Å². The van der Waals surface area contributed by atoms with E-state index < -0.39 is 5.60 Å². The maximum absolute atomic E-state index is 10.7. The standard InChI is InChI=1S/C15H21NO/c17-15(14-4-2-1-3-5-14)8-10-16(11-9-15)12-13-6-7-13/h1-5,13,17H,6-12H2. The molecule has 1 heterocycles. The van der Waals surface area contributed by atoms with Crippen LogP contribution < -0.4 is 0 Å². The normalized spacial score (nSPS) is 24.8. The van der Waals surface area contributed by atoms with Crippen LogP contribution in [0.1, 0.15) is 31.2 Å². The molecule has 1 aliphatic carbocycles. The van der Waals surface area contributed by atoms with Crippen LogP contribution in [0.25, 0.3) is 0 Å². The van der Waals surface area contributed by atoms with Crippen LogP contribution in [-0.2, 0) is 5.60 Å². The molecule has 2 nitrogen and oxygen atoms in total. The van der Waals surface area contributed by atoms with E-state index in [9.17, 15) is 5.11 Å². The fraction of sp³-hybridized carbons (Fsp3) is 0.600. The summed E-state index contributed by atoms with van der Waals surface area (Å²) in [5.41, 5.74) is 0.507. The summed E-state index contributed by atoms with van der Waals surface area (Å²) in [6.07, 6.45) is 4.59. The molecular weight excluding hydrogens is 210 g/mol. The number of piperidine rings is 1. The first-order valence-electron chi connectivity index (χ1n) is 6.76. The Kier molecular flexibility index (Phi) is 2.93. The molecule has 0 atom stereocenters. The molecule has 0 radical (unpaired) electrons. The average molecular weight is 231 g/mol. The lowest BCUT2D eigenvalue weighted by Gasteiger charge is -2.38. The molecule has 1 aliphatic heterocycles. The summed E-state index contributed by atoms with van der Waals surface area (Å²) in [5.74, 6) is 0.956. The van der Waals surface area contributed by atoms with E-state index in [1.54, 1.807) is 0 Å². The minimum Gasteiger partial charge on any atom is -0.385 e. The monoisotopic (exact) mass is 231 g/mol. The number of hydrogen-bond donors (Lipinski definition) is 1. The molecule has 0 aromatic heterocycles. The van der Waals surface area contributed by atoms with E-state index in [2.05, 4.69) is 17.0 Å². The van der Waals surface area contributed by atoms with E-state index in [4.69, 9.17) is 0 Å². The van der Waals surface area contributed by atoms with Gasteiger partial charge >= 0.3 is 0 Å². The molecule has 2 heteroatoms. The lowest BCUT2D eigenvalue weighted by Crippen LogP contribution is -2.43. The van der Waals surface area contributed by atoms with E-state index in [0.717, 1.165) is 37.4 Å². The van der Waals surface area contributed by atoms with E-state index in [-0.39, 0.29) is 0 Å². The van der Waals surface area contributed by atoms with Gasteiger partial charge in [-0.15, -0.1) is 0 Å². The Morgan fingerprint density at radius 2 is 1.76 bits per heavy atom. The predicted molar refractivity (Wildman–Crippen MR) is 68.7 cm³/mol. The van der Waals surface area contributed by atoms with Gasteiger partial charge in [0, 0.05) is 19.6 Å². The summed E-state index contributed by atoms with van der Waals surface area (Å²) >= 11 is 0. The molecule has 2 fully saturated rings. The molecule has 0 amide bonds. The summed E-state index contributed by atoms with van der Waals surface area (Å²) in [4.78, 5) is 2.52. The minimum absolute atomic E-state index is 0.582. The van der Waals surface area contributed by atoms with Gasteiger partial charge < -0.3 is 10.0 Å². The molecule has 3 rings (SSSR count). The smallest absolute Gasteiger partial charge is 0.0920 e. The molecule has 17 heavy (non-hydrogen) atoms.